The molecule has 2 amide bonds. The number of carbonyl (C=O) groups excluding carboxylic acids is 2. The molecular weight excluding hydrogens is 324 g/mol. The number of hydrogen-bond donors (Lipinski definition) is 2. The number of thioether (sulfide) groups is 1. The number of hydrogen-bond acceptors (Lipinski definition) is 4. The van der Waals surface area contributed by atoms with Crippen LogP contribution in [0.25, 0.3) is 5.52 Å². The monoisotopic (exact) mass is 346 g/mol. The van der Waals surface area contributed by atoms with E-state index in [4.69, 9.17) is 0 Å². The van der Waals surface area contributed by atoms with Gasteiger partial charge in [0.05, 0.1) is 5.52 Å². The molecule has 0 bridgehead atoms. The highest BCUT2D eigenvalue weighted by atomic mass is 32.2. The van der Waals surface area contributed by atoms with Crippen LogP contribution in [0, 0.1) is 0 Å². The fourth-order valence-electron chi connectivity index (χ4n) is 3.05. The van der Waals surface area contributed by atoms with Crippen LogP contribution in [-0.2, 0) is 4.79 Å². The number of pyridine rings is 1. The van der Waals surface area contributed by atoms with E-state index in [0.29, 0.717) is 5.69 Å². The first-order chi connectivity index (χ1) is 11.6. The molecule has 0 saturated heterocycles. The van der Waals surface area contributed by atoms with E-state index < -0.39 is 6.04 Å². The Bertz CT molecular complexity index is 752. The van der Waals surface area contributed by atoms with E-state index in [2.05, 4.69) is 15.6 Å². The fourth-order valence-corrected chi connectivity index (χ4v) is 3.59. The van der Waals surface area contributed by atoms with Gasteiger partial charge in [-0.15, -0.1) is 0 Å². The molecule has 1 aliphatic rings. The molecular formula is C17H22N4O2S. The van der Waals surface area contributed by atoms with Crippen molar-refractivity contribution in [3.05, 3.63) is 30.1 Å². The number of carbonyl (C=O) groups is 2. The van der Waals surface area contributed by atoms with Crippen LogP contribution in [0.15, 0.2) is 29.6 Å². The van der Waals surface area contributed by atoms with Crippen LogP contribution in [0.4, 0.5) is 0 Å². The molecule has 0 unspecified atom stereocenters. The van der Waals surface area contributed by atoms with Crippen LogP contribution in [0.2, 0.25) is 0 Å². The standard InChI is InChI=1S/C17H22N4O2S/c1-11(15(22)19-12-7-3-4-8-12)18-16(23)14-13-9-5-6-10-21(13)17(20-14)24-2/h5-6,9-12H,3-4,7-8H2,1-2H3,(H,18,23)(H,19,22)/t11-/m0/s1. The van der Waals surface area contributed by atoms with Crippen LogP contribution in [0.5, 0.6) is 0 Å². The van der Waals surface area contributed by atoms with Gasteiger partial charge >= 0.3 is 0 Å². The van der Waals surface area contributed by atoms with Gasteiger partial charge in [-0.05, 0) is 38.2 Å². The Labute approximate surface area is 145 Å². The lowest BCUT2D eigenvalue weighted by molar-refractivity contribution is -0.123. The van der Waals surface area contributed by atoms with E-state index in [-0.39, 0.29) is 17.9 Å². The van der Waals surface area contributed by atoms with Crippen molar-refractivity contribution in [3.8, 4) is 0 Å². The Morgan fingerprint density at radius 1 is 1.33 bits per heavy atom. The van der Waals surface area contributed by atoms with Gasteiger partial charge in [0.1, 0.15) is 6.04 Å². The zero-order valence-electron chi connectivity index (χ0n) is 13.9. The van der Waals surface area contributed by atoms with Gasteiger partial charge in [-0.25, -0.2) is 4.98 Å². The van der Waals surface area contributed by atoms with E-state index >= 15 is 0 Å². The van der Waals surface area contributed by atoms with Crippen molar-refractivity contribution >= 4 is 29.1 Å². The largest absolute Gasteiger partial charge is 0.352 e. The summed E-state index contributed by atoms with van der Waals surface area (Å²) >= 11 is 1.48. The molecule has 0 aromatic carbocycles. The molecule has 1 atom stereocenters. The number of rotatable bonds is 5. The molecule has 1 aliphatic carbocycles. The average molecular weight is 346 g/mol. The summed E-state index contributed by atoms with van der Waals surface area (Å²) in [6.07, 6.45) is 8.15. The third-order valence-corrected chi connectivity index (χ3v) is 5.01. The van der Waals surface area contributed by atoms with Crippen LogP contribution in [-0.4, -0.2) is 39.5 Å². The van der Waals surface area contributed by atoms with Gasteiger partial charge in [0.25, 0.3) is 5.91 Å². The molecule has 6 nitrogen and oxygen atoms in total. The summed E-state index contributed by atoms with van der Waals surface area (Å²) in [4.78, 5) is 29.2. The van der Waals surface area contributed by atoms with Crippen molar-refractivity contribution < 1.29 is 9.59 Å². The highest BCUT2D eigenvalue weighted by Gasteiger charge is 2.24. The lowest BCUT2D eigenvalue weighted by atomic mass is 10.2. The number of aromatic nitrogens is 2. The molecule has 2 N–H and O–H groups in total. The number of nitrogens with zero attached hydrogens (tertiary/aromatic N) is 2. The minimum Gasteiger partial charge on any atom is -0.352 e. The Morgan fingerprint density at radius 2 is 2.08 bits per heavy atom. The topological polar surface area (TPSA) is 75.5 Å². The van der Waals surface area contributed by atoms with E-state index in [1.54, 1.807) is 6.92 Å². The van der Waals surface area contributed by atoms with Gasteiger partial charge in [-0.3, -0.25) is 14.0 Å². The van der Waals surface area contributed by atoms with Crippen LogP contribution >= 0.6 is 11.8 Å². The Morgan fingerprint density at radius 3 is 2.79 bits per heavy atom. The van der Waals surface area contributed by atoms with Crippen LogP contribution in [0.1, 0.15) is 43.1 Å². The third-order valence-electron chi connectivity index (χ3n) is 4.36. The SMILES string of the molecule is CSc1nc(C(=O)N[C@@H](C)C(=O)NC2CCCC2)c2ccccn12. The minimum absolute atomic E-state index is 0.135. The van der Waals surface area contributed by atoms with Crippen LogP contribution < -0.4 is 10.6 Å². The molecule has 2 aromatic heterocycles. The van der Waals surface area contributed by atoms with Crippen molar-refractivity contribution in [1.29, 1.82) is 0 Å². The molecule has 0 radical (unpaired) electrons. The Balaban J connectivity index is 1.71. The molecule has 1 saturated carbocycles. The second-order valence-electron chi connectivity index (χ2n) is 6.09. The first kappa shape index (κ1) is 16.8. The molecule has 1 fully saturated rings. The lowest BCUT2D eigenvalue weighted by Crippen LogP contribution is -2.47. The second-order valence-corrected chi connectivity index (χ2v) is 6.86. The summed E-state index contributed by atoms with van der Waals surface area (Å²) < 4.78 is 1.88. The molecule has 3 rings (SSSR count). The maximum Gasteiger partial charge on any atom is 0.272 e. The fraction of sp³-hybridized carbons (Fsp3) is 0.471. The first-order valence-corrected chi connectivity index (χ1v) is 9.45. The summed E-state index contributed by atoms with van der Waals surface area (Å²) in [6, 6.07) is 5.27. The summed E-state index contributed by atoms with van der Waals surface area (Å²) in [5, 5.41) is 6.52. The van der Waals surface area contributed by atoms with Gasteiger partial charge in [0.15, 0.2) is 10.9 Å². The minimum atomic E-state index is -0.587. The van der Waals surface area contributed by atoms with Gasteiger partial charge < -0.3 is 10.6 Å². The quantitative estimate of drug-likeness (QED) is 0.814. The molecule has 128 valence electrons. The Kier molecular flexibility index (Phi) is 5.08. The van der Waals surface area contributed by atoms with E-state index in [9.17, 15) is 9.59 Å². The van der Waals surface area contributed by atoms with Crippen molar-refractivity contribution in [2.24, 2.45) is 0 Å². The summed E-state index contributed by atoms with van der Waals surface area (Å²) in [6.45, 7) is 1.70. The van der Waals surface area contributed by atoms with E-state index in [0.717, 1.165) is 36.4 Å². The maximum absolute atomic E-state index is 12.6. The van der Waals surface area contributed by atoms with Gasteiger partial charge in [-0.1, -0.05) is 30.7 Å². The highest BCUT2D eigenvalue weighted by molar-refractivity contribution is 7.98. The normalized spacial score (nSPS) is 16.2. The number of fused-ring (bicyclic) bond motifs is 1. The number of imidazole rings is 1. The zero-order chi connectivity index (χ0) is 17.1. The molecule has 2 aromatic rings. The van der Waals surface area contributed by atoms with Crippen molar-refractivity contribution in [2.45, 2.75) is 49.8 Å². The number of amides is 2. The predicted molar refractivity (Wildman–Crippen MR) is 94.3 cm³/mol. The van der Waals surface area contributed by atoms with E-state index in [1.807, 2.05) is 35.1 Å². The Hall–Kier alpha value is -2.02. The maximum atomic E-state index is 12.6. The van der Waals surface area contributed by atoms with Crippen LogP contribution in [0.3, 0.4) is 0 Å². The highest BCUT2D eigenvalue weighted by Crippen LogP contribution is 2.20. The molecule has 0 spiro atoms. The van der Waals surface area contributed by atoms with Gasteiger partial charge in [-0.2, -0.15) is 0 Å². The van der Waals surface area contributed by atoms with Crippen molar-refractivity contribution in [1.82, 2.24) is 20.0 Å². The van der Waals surface area contributed by atoms with Crippen molar-refractivity contribution in [2.75, 3.05) is 6.26 Å². The molecule has 7 heteroatoms. The average Bonchev–Trinajstić information content (AvgIpc) is 3.21. The summed E-state index contributed by atoms with van der Waals surface area (Å²) in [5.41, 5.74) is 1.09. The lowest BCUT2D eigenvalue weighted by Gasteiger charge is -2.17. The predicted octanol–water partition coefficient (Wildman–Crippen LogP) is 2.23. The van der Waals surface area contributed by atoms with Crippen molar-refractivity contribution in [3.63, 3.8) is 0 Å². The summed E-state index contributed by atoms with van der Waals surface area (Å²) in [7, 11) is 0. The zero-order valence-corrected chi connectivity index (χ0v) is 14.7. The first-order valence-electron chi connectivity index (χ1n) is 8.22. The van der Waals surface area contributed by atoms with Gasteiger partial charge in [0.2, 0.25) is 5.91 Å². The molecule has 0 aliphatic heterocycles. The molecule has 2 heterocycles. The summed E-state index contributed by atoms with van der Waals surface area (Å²) in [5.74, 6) is -0.461. The smallest absolute Gasteiger partial charge is 0.272 e. The third kappa shape index (κ3) is 3.40. The molecule has 24 heavy (non-hydrogen) atoms. The number of nitrogens with one attached hydrogen (secondary N) is 2. The van der Waals surface area contributed by atoms with E-state index in [1.165, 1.54) is 11.8 Å². The second kappa shape index (κ2) is 7.25. The van der Waals surface area contributed by atoms with Gasteiger partial charge in [0, 0.05) is 12.2 Å².